The molecular formula is C60H71N5O32S2. The lowest BCUT2D eigenvalue weighted by Crippen LogP contribution is -2.71. The summed E-state index contributed by atoms with van der Waals surface area (Å²) in [7, 11) is -9.86. The number of carboxylic acids is 1. The average molecular weight is 1440 g/mol. The van der Waals surface area contributed by atoms with Gasteiger partial charge in [-0.2, -0.15) is 16.8 Å². The molecule has 0 saturated carbocycles. The number of aliphatic carboxylic acids is 1. The molecule has 19 N–H and O–H groups in total. The van der Waals surface area contributed by atoms with Crippen molar-refractivity contribution in [3.05, 3.63) is 117 Å². The third-order valence-electron chi connectivity index (χ3n) is 17.1. The summed E-state index contributed by atoms with van der Waals surface area (Å²) in [5.74, 6) is -10.6. The molecule has 39 heteroatoms. The predicted molar refractivity (Wildman–Crippen MR) is 330 cm³/mol. The van der Waals surface area contributed by atoms with E-state index in [1.807, 2.05) is 4.98 Å². The number of rotatable bonds is 25. The normalized spacial score (nSPS) is 31.1. The minimum absolute atomic E-state index is 0.0105. The molecule has 4 fully saturated rings. The summed E-state index contributed by atoms with van der Waals surface area (Å²) < 4.78 is 111. The number of aliphatic hydroxyl groups is 11. The molecular weight excluding hydrogens is 1370 g/mol. The van der Waals surface area contributed by atoms with Crippen LogP contribution in [-0.2, 0) is 67.8 Å². The third-order valence-corrected chi connectivity index (χ3v) is 18.9. The Bertz CT molecular complexity index is 4120. The second-order valence-corrected chi connectivity index (χ2v) is 26.6. The van der Waals surface area contributed by atoms with Gasteiger partial charge in [0.15, 0.2) is 24.5 Å². The van der Waals surface area contributed by atoms with Crippen LogP contribution in [0.4, 0.5) is 11.4 Å². The van der Waals surface area contributed by atoms with Crippen LogP contribution in [0.15, 0.2) is 104 Å². The number of H-pyrrole nitrogens is 2. The number of anilines is 2. The Labute approximate surface area is 558 Å². The first kappa shape index (κ1) is 75.7. The van der Waals surface area contributed by atoms with Crippen LogP contribution in [0, 0.1) is 5.92 Å². The van der Waals surface area contributed by atoms with Gasteiger partial charge in [-0.1, -0.05) is 48.5 Å². The molecule has 540 valence electrons. The van der Waals surface area contributed by atoms with Crippen molar-refractivity contribution in [1.29, 1.82) is 0 Å². The summed E-state index contributed by atoms with van der Waals surface area (Å²) in [4.78, 5) is 96.0. The summed E-state index contributed by atoms with van der Waals surface area (Å²) in [6.07, 6.45) is -39.7. The molecule has 4 aliphatic rings. The zero-order chi connectivity index (χ0) is 72.5. The summed E-state index contributed by atoms with van der Waals surface area (Å²) in [6, 6.07) is 15.6. The van der Waals surface area contributed by atoms with E-state index in [0.29, 0.717) is 17.2 Å². The molecule has 4 aromatic carbocycles. The van der Waals surface area contributed by atoms with Gasteiger partial charge in [0.05, 0.1) is 50.7 Å². The maximum Gasteiger partial charge on any atom is 0.364 e. The first-order chi connectivity index (χ1) is 46.6. The average Bonchev–Trinajstić information content (AvgIpc) is 0.762. The van der Waals surface area contributed by atoms with Crippen molar-refractivity contribution in [3.63, 3.8) is 0 Å². The Morgan fingerprint density at radius 1 is 0.717 bits per heavy atom. The molecule has 9 rings (SSSR count). The summed E-state index contributed by atoms with van der Waals surface area (Å²) in [5, 5.41) is 139. The molecule has 2 amide bonds. The van der Waals surface area contributed by atoms with E-state index >= 15 is 0 Å². The predicted octanol–water partition coefficient (Wildman–Crippen LogP) is -5.17. The van der Waals surface area contributed by atoms with E-state index in [1.165, 1.54) is 61.5 Å². The molecule has 0 radical (unpaired) electrons. The van der Waals surface area contributed by atoms with Crippen LogP contribution in [0.5, 0.6) is 0 Å². The van der Waals surface area contributed by atoms with Gasteiger partial charge in [0.25, 0.3) is 43.4 Å². The molecule has 37 nitrogen and oxygen atoms in total. The van der Waals surface area contributed by atoms with Gasteiger partial charge in [0.1, 0.15) is 94.5 Å². The molecule has 21 atom stereocenters. The highest BCUT2D eigenvalue weighted by molar-refractivity contribution is 7.86. The number of hydrogen-bond acceptors (Lipinski definition) is 30. The smallest absolute Gasteiger partial charge is 0.364 e. The highest BCUT2D eigenvalue weighted by Gasteiger charge is 2.61. The summed E-state index contributed by atoms with van der Waals surface area (Å²) >= 11 is 0. The number of fused-ring (bicyclic) bond motifs is 1. The van der Waals surface area contributed by atoms with E-state index in [-0.39, 0.29) is 27.7 Å². The zero-order valence-corrected chi connectivity index (χ0v) is 53.4. The Hall–Kier alpha value is -7.53. The van der Waals surface area contributed by atoms with Gasteiger partial charge >= 0.3 is 11.7 Å². The Morgan fingerprint density at radius 3 is 1.94 bits per heavy atom. The van der Waals surface area contributed by atoms with E-state index in [9.17, 15) is 121 Å². The van der Waals surface area contributed by atoms with E-state index in [2.05, 4.69) is 20.9 Å². The van der Waals surface area contributed by atoms with E-state index in [4.69, 9.17) is 33.2 Å². The number of aliphatic hydroxyl groups excluding tert-OH is 11. The van der Waals surface area contributed by atoms with Gasteiger partial charge in [-0.25, -0.2) is 9.59 Å². The fourth-order valence-corrected chi connectivity index (χ4v) is 13.5. The SMILES string of the molecule is CC(=O)C[C@H]1C(C(O)C(O)CO)O[C@@](OC2C(O)[C@@H](O[C@H]3C(CO)O[C@@H](C(=O)Nc4ccc(-c5ccc(C(=O)CNc6ccc(S(=O)(=O)O)c7cccc(S(=O)(=O)O)c67)cc5)cc4)C(NC(=O)c4cc(=O)[nH]c(=O)[nH]4)[C@H]3O[C@@H]3OC(C)[C@H](O)[C@@H](O)C3O)O[C@H](CO)[C@H]2O)(C(=O)O)C[C@@H]1O. The summed E-state index contributed by atoms with van der Waals surface area (Å²) in [6.45, 7) is -1.76. The van der Waals surface area contributed by atoms with Gasteiger partial charge in [-0.3, -0.25) is 33.3 Å². The second-order valence-electron chi connectivity index (χ2n) is 23.8. The summed E-state index contributed by atoms with van der Waals surface area (Å²) in [5.41, 5.74) is -2.11. The van der Waals surface area contributed by atoms with Gasteiger partial charge in [0, 0.05) is 52.5 Å². The lowest BCUT2D eigenvalue weighted by atomic mass is 9.80. The topological polar surface area (TPSA) is 603 Å². The number of nitrogens with one attached hydrogen (secondary N) is 5. The van der Waals surface area contributed by atoms with Gasteiger partial charge in [0.2, 0.25) is 0 Å². The van der Waals surface area contributed by atoms with Gasteiger partial charge in [-0.05, 0) is 55.3 Å². The molecule has 0 spiro atoms. The molecule has 5 aromatic rings. The van der Waals surface area contributed by atoms with Crippen molar-refractivity contribution < 1.29 is 144 Å². The van der Waals surface area contributed by atoms with Crippen molar-refractivity contribution in [2.24, 2.45) is 5.92 Å². The Morgan fingerprint density at radius 2 is 1.34 bits per heavy atom. The minimum atomic E-state index is -4.97. The molecule has 0 aliphatic carbocycles. The van der Waals surface area contributed by atoms with Crippen LogP contribution in [0.2, 0.25) is 0 Å². The number of carbonyl (C=O) groups excluding carboxylic acids is 4. The van der Waals surface area contributed by atoms with Crippen LogP contribution >= 0.6 is 0 Å². The number of ketones is 2. The Kier molecular flexibility index (Phi) is 23.5. The van der Waals surface area contributed by atoms with Crippen LogP contribution in [0.25, 0.3) is 21.9 Å². The standard InChI is InChI=1S/C60H71N5O32S2/c1-23(69)16-30-33(70)18-60(58(82)83,96-49(30)44(75)35(72)20-66)97-53-45(76)36(21-67)93-57(48(53)79)94-50-37(22-68)92-52(42(65-54(80)32-17-40(73)64-59(84)63-32)51(50)95-56-47(78)46(77)43(74)24(2)91-56)55(81)62-28-12-10-26(11-13-28)25-6-8-27(9-7-25)34(71)19-61-31-14-15-38(98(85,86)87)29-4-3-5-39(41(29)31)99(88,89)90/h3-15,17,24,30,33,35-37,42-53,56-57,61,66-68,70,72,74-79H,16,18-22H2,1-2H3,(H,62,81)(H,65,80)(H,82,83)(H,85,86,87)(H,88,89,90)(H2,63,64,73,84)/t24?,30-,33+,35?,36-,37?,42?,43+,44?,45-,46-,47?,48?,49?,50+,51-,52-,53?,56+,57-,60+/m1/s1. The maximum atomic E-state index is 14.9. The zero-order valence-electron chi connectivity index (χ0n) is 51.8. The first-order valence-electron chi connectivity index (χ1n) is 30.2. The van der Waals surface area contributed by atoms with Crippen molar-refractivity contribution >= 4 is 71.7 Å². The molecule has 9 unspecified atom stereocenters. The quantitative estimate of drug-likeness (QED) is 0.0192. The van der Waals surface area contributed by atoms with Crippen LogP contribution in [0.3, 0.4) is 0 Å². The number of carbonyl (C=O) groups is 5. The minimum Gasteiger partial charge on any atom is -0.477 e. The van der Waals surface area contributed by atoms with Crippen molar-refractivity contribution in [1.82, 2.24) is 15.3 Å². The fraction of sp³-hybridized carbons (Fsp3) is 0.483. The lowest BCUT2D eigenvalue weighted by molar-refractivity contribution is -0.387. The number of aromatic amines is 2. The van der Waals surface area contributed by atoms with Gasteiger partial charge in [-0.15, -0.1) is 0 Å². The van der Waals surface area contributed by atoms with Gasteiger partial charge < -0.3 is 120 Å². The molecule has 4 saturated heterocycles. The van der Waals surface area contributed by atoms with Crippen molar-refractivity contribution in [2.45, 2.75) is 159 Å². The number of ether oxygens (including phenoxy) is 7. The van der Waals surface area contributed by atoms with Crippen molar-refractivity contribution in [3.8, 4) is 11.1 Å². The number of carboxylic acid groups (broad SMARTS) is 1. The maximum absolute atomic E-state index is 14.9. The van der Waals surface area contributed by atoms with E-state index in [1.54, 1.807) is 0 Å². The molecule has 5 heterocycles. The third kappa shape index (κ3) is 16.5. The number of Topliss-reactive ketones (excluding diaryl/α,β-unsaturated/α-hetero) is 2. The van der Waals surface area contributed by atoms with E-state index < -0.39 is 244 Å². The largest absolute Gasteiger partial charge is 0.477 e. The Balaban J connectivity index is 1.01. The lowest BCUT2D eigenvalue weighted by Gasteiger charge is -2.51. The van der Waals surface area contributed by atoms with Crippen LogP contribution < -0.4 is 27.2 Å². The number of hydrogen-bond donors (Lipinski definition) is 19. The molecule has 4 aliphatic heterocycles. The number of benzene rings is 4. The molecule has 99 heavy (non-hydrogen) atoms. The highest BCUT2D eigenvalue weighted by Crippen LogP contribution is 2.43. The molecule has 0 bridgehead atoms. The highest BCUT2D eigenvalue weighted by atomic mass is 32.2. The van der Waals surface area contributed by atoms with Crippen LogP contribution in [0.1, 0.15) is 47.5 Å². The second kappa shape index (κ2) is 30.7. The first-order valence-corrected chi connectivity index (χ1v) is 33.0. The number of amides is 2. The fourth-order valence-electron chi connectivity index (χ4n) is 12.1. The van der Waals surface area contributed by atoms with E-state index in [0.717, 1.165) is 31.2 Å². The van der Waals surface area contributed by atoms with Crippen LogP contribution in [-0.4, -0.2) is 275 Å². The monoisotopic (exact) mass is 1440 g/mol. The molecule has 1 aromatic heterocycles. The van der Waals surface area contributed by atoms with Crippen molar-refractivity contribution in [2.75, 3.05) is 37.0 Å². The number of aromatic nitrogens is 2.